The first kappa shape index (κ1) is 50.4. The summed E-state index contributed by atoms with van der Waals surface area (Å²) in [5, 5.41) is 0. The van der Waals surface area contributed by atoms with Crippen molar-refractivity contribution in [2.45, 2.75) is 153 Å². The van der Waals surface area contributed by atoms with E-state index in [2.05, 4.69) is 26.9 Å². The average Bonchev–Trinajstić information content (AvgIpc) is 3.95. The van der Waals surface area contributed by atoms with E-state index in [-0.39, 0.29) is 31.3 Å². The molecule has 5 heterocycles. The van der Waals surface area contributed by atoms with Crippen LogP contribution in [0.25, 0.3) is 11.2 Å². The van der Waals surface area contributed by atoms with Crippen molar-refractivity contribution in [3.8, 4) is 0 Å². The Morgan fingerprint density at radius 3 is 2.03 bits per heavy atom. The Morgan fingerprint density at radius 1 is 0.841 bits per heavy atom. The van der Waals surface area contributed by atoms with E-state index in [9.17, 15) is 23.8 Å². The molecule has 3 aromatic rings. The number of anilines is 1. The lowest BCUT2D eigenvalue weighted by Crippen LogP contribution is -2.46. The summed E-state index contributed by atoms with van der Waals surface area (Å²) < 4.78 is 56.6. The fourth-order valence-corrected chi connectivity index (χ4v) is 9.40. The van der Waals surface area contributed by atoms with Gasteiger partial charge in [-0.1, -0.05) is 96.8 Å². The minimum Gasteiger partial charge on any atom is -0.382 e. The molecule has 9 atom stereocenters. The van der Waals surface area contributed by atoms with E-state index in [0.29, 0.717) is 24.1 Å². The molecule has 21 heteroatoms. The molecule has 2 aliphatic rings. The number of phosphoric ester groups is 1. The van der Waals surface area contributed by atoms with Crippen molar-refractivity contribution in [3.05, 3.63) is 45.8 Å². The normalized spacial score (nSPS) is 24.6. The van der Waals surface area contributed by atoms with E-state index in [4.69, 9.17) is 38.5 Å². The molecule has 20 nitrogen and oxygen atoms in total. The average molecular weight is 909 g/mol. The van der Waals surface area contributed by atoms with Crippen LogP contribution in [0.15, 0.2) is 34.5 Å². The van der Waals surface area contributed by atoms with Crippen molar-refractivity contribution in [2.24, 2.45) is 5.92 Å². The quantitative estimate of drug-likeness (QED) is 0.0593. The largest absolute Gasteiger partial charge is 0.472 e. The third kappa shape index (κ3) is 13.7. The molecule has 0 spiro atoms. The molecule has 2 aliphatic heterocycles. The number of imidazole rings is 1. The van der Waals surface area contributed by atoms with Crippen molar-refractivity contribution in [2.75, 3.05) is 53.9 Å². The van der Waals surface area contributed by atoms with Gasteiger partial charge in [-0.25, -0.2) is 24.3 Å². The number of rotatable bonds is 29. The number of hydrogen-bond donors (Lipinski definition) is 3. The number of fused-ring (bicyclic) bond motifs is 1. The highest BCUT2D eigenvalue weighted by molar-refractivity contribution is 7.47. The Bertz CT molecular complexity index is 2020. The summed E-state index contributed by atoms with van der Waals surface area (Å²) in [5.74, 6) is -0.711. The number of phosphoric acid groups is 1. The molecule has 2 saturated heterocycles. The van der Waals surface area contributed by atoms with Crippen LogP contribution >= 0.6 is 7.82 Å². The molecule has 63 heavy (non-hydrogen) atoms. The Labute approximate surface area is 369 Å². The molecule has 0 saturated carbocycles. The van der Waals surface area contributed by atoms with Gasteiger partial charge in [0, 0.05) is 66.1 Å². The number of hydrogen-bond acceptors (Lipinski definition) is 15. The molecule has 2 fully saturated rings. The van der Waals surface area contributed by atoms with Crippen LogP contribution in [0.4, 0.5) is 5.82 Å². The first-order valence-corrected chi connectivity index (χ1v) is 23.9. The summed E-state index contributed by atoms with van der Waals surface area (Å²) in [6.07, 6.45) is 15.3. The van der Waals surface area contributed by atoms with Crippen molar-refractivity contribution >= 4 is 30.7 Å². The van der Waals surface area contributed by atoms with Crippen molar-refractivity contribution < 1.29 is 47.0 Å². The molecule has 3 aromatic heterocycles. The Kier molecular flexibility index (Phi) is 20.2. The van der Waals surface area contributed by atoms with Crippen molar-refractivity contribution in [3.63, 3.8) is 0 Å². The molecule has 5 rings (SSSR count). The Balaban J connectivity index is 1.32. The molecule has 0 radical (unpaired) electrons. The zero-order valence-electron chi connectivity index (χ0n) is 37.5. The second-order valence-corrected chi connectivity index (χ2v) is 18.0. The highest BCUT2D eigenvalue weighted by Crippen LogP contribution is 2.49. The fourth-order valence-electron chi connectivity index (χ4n) is 8.75. The molecule has 1 unspecified atom stereocenters. The highest BCUT2D eigenvalue weighted by atomic mass is 31.2. The van der Waals surface area contributed by atoms with Gasteiger partial charge in [0.1, 0.15) is 36.3 Å². The summed E-state index contributed by atoms with van der Waals surface area (Å²) >= 11 is 0. The topological polar surface area (TPSA) is 247 Å². The van der Waals surface area contributed by atoms with Crippen molar-refractivity contribution in [1.82, 2.24) is 34.0 Å². The number of ether oxygens (including phenoxy) is 5. The lowest BCUT2D eigenvalue weighted by atomic mass is 9.93. The summed E-state index contributed by atoms with van der Waals surface area (Å²) in [6.45, 7) is 2.62. The molecular weight excluding hydrogens is 839 g/mol. The zero-order chi connectivity index (χ0) is 45.4. The number of aromatic amines is 1. The van der Waals surface area contributed by atoms with Gasteiger partial charge in [-0.05, 0) is 6.42 Å². The van der Waals surface area contributed by atoms with E-state index in [1.807, 2.05) is 0 Å². The number of nitrogens with zero attached hydrogens (tertiary/aromatic N) is 6. The van der Waals surface area contributed by atoms with Gasteiger partial charge in [0.25, 0.3) is 5.56 Å². The van der Waals surface area contributed by atoms with Gasteiger partial charge in [0.2, 0.25) is 5.91 Å². The standard InChI is InChI=1S/C42H69N8O12P/c1-6-7-8-9-10-11-12-13-14-15-16-17-18-19-20-22-48(33(52)24-29-31(26-56-2)61-40(35(29)57-3)49-23-21-32(51)47-42(49)53)25-30-36(62-63(54,55)59-5)37(58-4)41(60-30)50-28-46-34-38(43)44-27-45-39(34)50/h21,23,27-31,35-37,40-41H,6-20,22,24-26H2,1-5H3,(H,54,55)(H2,43,44,45)(H,47,51,53)/t29-,30-,31-,35-,36-,37-,40-,41-/m1/s1. The minimum absolute atomic E-state index is 0.0606. The molecule has 0 bridgehead atoms. The molecular formula is C42H69N8O12P. The second-order valence-electron chi connectivity index (χ2n) is 16.5. The predicted molar refractivity (Wildman–Crippen MR) is 234 cm³/mol. The van der Waals surface area contributed by atoms with Crippen LogP contribution < -0.4 is 17.0 Å². The van der Waals surface area contributed by atoms with E-state index in [0.717, 1.165) is 32.8 Å². The number of carbonyl (C=O) groups is 1. The Hall–Kier alpha value is -3.59. The molecule has 354 valence electrons. The molecule has 0 aromatic carbocycles. The number of unbranched alkanes of at least 4 members (excludes halogenated alkanes) is 14. The summed E-state index contributed by atoms with van der Waals surface area (Å²) in [4.78, 5) is 66.7. The number of aromatic nitrogens is 6. The summed E-state index contributed by atoms with van der Waals surface area (Å²) in [5.41, 5.74) is 5.50. The third-order valence-corrected chi connectivity index (χ3v) is 13.1. The lowest BCUT2D eigenvalue weighted by molar-refractivity contribution is -0.137. The summed E-state index contributed by atoms with van der Waals surface area (Å²) in [6, 6.07) is 1.21. The van der Waals surface area contributed by atoms with E-state index in [1.165, 1.54) is 115 Å². The maximum Gasteiger partial charge on any atom is 0.472 e. The van der Waals surface area contributed by atoms with Crippen LogP contribution in [0, 0.1) is 5.92 Å². The van der Waals surface area contributed by atoms with E-state index >= 15 is 0 Å². The van der Waals surface area contributed by atoms with Gasteiger partial charge in [0.15, 0.2) is 23.9 Å². The van der Waals surface area contributed by atoms with Crippen LogP contribution in [-0.4, -0.2) is 123 Å². The SMILES string of the molecule is CCCCCCCCCCCCCCCCCN(C[C@H]1O[C@@H](n2cnc3c(N)ncnc32)[C@H](OC)[C@@H]1OP(=O)(O)OC)C(=O)C[C@H]1[C@@H](OC)[C@H](n2ccc(=O)[nH]c2=O)O[C@@H]1COC. The number of nitrogens with two attached hydrogens (primary N) is 1. The Morgan fingerprint density at radius 2 is 1.44 bits per heavy atom. The number of amides is 1. The van der Waals surface area contributed by atoms with Gasteiger partial charge in [-0.3, -0.25) is 32.8 Å². The van der Waals surface area contributed by atoms with Crippen LogP contribution in [0.2, 0.25) is 0 Å². The zero-order valence-corrected chi connectivity index (χ0v) is 38.4. The van der Waals surface area contributed by atoms with Crippen LogP contribution in [0.3, 0.4) is 0 Å². The molecule has 1 amide bonds. The maximum absolute atomic E-state index is 14.7. The van der Waals surface area contributed by atoms with Crippen LogP contribution in [0.5, 0.6) is 0 Å². The van der Waals surface area contributed by atoms with Gasteiger partial charge in [0.05, 0.1) is 19.0 Å². The fraction of sp³-hybridized carbons (Fsp3) is 0.762. The van der Waals surface area contributed by atoms with Gasteiger partial charge < -0.3 is 39.2 Å². The van der Waals surface area contributed by atoms with E-state index in [1.54, 1.807) is 9.47 Å². The minimum atomic E-state index is -4.62. The van der Waals surface area contributed by atoms with Crippen LogP contribution in [0.1, 0.15) is 122 Å². The van der Waals surface area contributed by atoms with Crippen molar-refractivity contribution in [1.29, 1.82) is 0 Å². The number of nitrogen functional groups attached to an aromatic ring is 1. The monoisotopic (exact) mass is 908 g/mol. The first-order chi connectivity index (χ1) is 30.5. The smallest absolute Gasteiger partial charge is 0.382 e. The molecule has 0 aliphatic carbocycles. The van der Waals surface area contributed by atoms with E-state index < -0.39 is 68.0 Å². The number of H-pyrrole nitrogens is 1. The van der Waals surface area contributed by atoms with Crippen LogP contribution in [-0.2, 0) is 42.1 Å². The van der Waals surface area contributed by atoms with Gasteiger partial charge >= 0.3 is 13.5 Å². The maximum atomic E-state index is 14.7. The predicted octanol–water partition coefficient (Wildman–Crippen LogP) is 5.27. The van der Waals surface area contributed by atoms with Gasteiger partial charge in [-0.15, -0.1) is 0 Å². The highest BCUT2D eigenvalue weighted by Gasteiger charge is 2.52. The number of methoxy groups -OCH3 is 3. The lowest BCUT2D eigenvalue weighted by Gasteiger charge is -2.31. The molecule has 4 N–H and O–H groups in total. The first-order valence-electron chi connectivity index (χ1n) is 22.4. The van der Waals surface area contributed by atoms with Gasteiger partial charge in [-0.2, -0.15) is 0 Å². The summed E-state index contributed by atoms with van der Waals surface area (Å²) in [7, 11) is 0.838. The number of carbonyl (C=O) groups excluding carboxylic acids is 1. The number of nitrogens with one attached hydrogen (secondary N) is 1. The third-order valence-electron chi connectivity index (χ3n) is 12.1. The second kappa shape index (κ2) is 25.2.